The number of hydrogen-bond acceptors (Lipinski definition) is 6. The highest BCUT2D eigenvalue weighted by atomic mass is 19.4. The second kappa shape index (κ2) is 12.7. The molecule has 0 radical (unpaired) electrons. The number of aromatic nitrogens is 4. The van der Waals surface area contributed by atoms with E-state index in [9.17, 15) is 23.1 Å². The number of alkyl halides is 3. The highest BCUT2D eigenvalue weighted by molar-refractivity contribution is 5.91. The Labute approximate surface area is 264 Å². The normalized spacial score (nSPS) is 13.7. The first-order chi connectivity index (χ1) is 22.1. The zero-order valence-corrected chi connectivity index (χ0v) is 25.2. The fourth-order valence-electron chi connectivity index (χ4n) is 5.58. The van der Waals surface area contributed by atoms with Crippen LogP contribution in [0.4, 0.5) is 23.7 Å². The Balaban J connectivity index is 1.27. The molecule has 8 nitrogen and oxygen atoms in total. The van der Waals surface area contributed by atoms with Gasteiger partial charge in [0.1, 0.15) is 6.33 Å². The second-order valence-electron chi connectivity index (χ2n) is 11.2. The zero-order chi connectivity index (χ0) is 32.4. The maximum Gasteiger partial charge on any atom is 0.418 e. The van der Waals surface area contributed by atoms with Crippen molar-refractivity contribution in [1.82, 2.24) is 24.8 Å². The van der Waals surface area contributed by atoms with E-state index in [4.69, 9.17) is 9.97 Å². The lowest BCUT2D eigenvalue weighted by Gasteiger charge is -2.30. The molecule has 1 aliphatic heterocycles. The van der Waals surface area contributed by atoms with Crippen molar-refractivity contribution in [2.24, 2.45) is 0 Å². The Morgan fingerprint density at radius 1 is 0.978 bits per heavy atom. The third-order valence-electron chi connectivity index (χ3n) is 8.09. The van der Waals surface area contributed by atoms with Crippen molar-refractivity contribution >= 4 is 11.7 Å². The van der Waals surface area contributed by atoms with Crippen molar-refractivity contribution < 1.29 is 23.1 Å². The van der Waals surface area contributed by atoms with Crippen molar-refractivity contribution in [3.63, 3.8) is 0 Å². The summed E-state index contributed by atoms with van der Waals surface area (Å²) in [5, 5.41) is 12.6. The fourth-order valence-corrected chi connectivity index (χ4v) is 5.58. The Kier molecular flexibility index (Phi) is 8.50. The van der Waals surface area contributed by atoms with Crippen LogP contribution in [0.2, 0.25) is 0 Å². The highest BCUT2D eigenvalue weighted by Crippen LogP contribution is 2.35. The van der Waals surface area contributed by atoms with E-state index < -0.39 is 12.3 Å². The monoisotopic (exact) mass is 624 g/mol. The zero-order valence-electron chi connectivity index (χ0n) is 25.2. The van der Waals surface area contributed by atoms with E-state index in [1.165, 1.54) is 30.6 Å². The van der Waals surface area contributed by atoms with Crippen LogP contribution < -0.4 is 5.32 Å². The minimum Gasteiger partial charge on any atom is -0.379 e. The molecule has 0 saturated heterocycles. The van der Waals surface area contributed by atoms with Crippen LogP contribution in [0.1, 0.15) is 41.0 Å². The summed E-state index contributed by atoms with van der Waals surface area (Å²) in [5.74, 6) is 0.528. The van der Waals surface area contributed by atoms with E-state index in [1.807, 2.05) is 50.2 Å². The number of halogens is 3. The molecule has 0 spiro atoms. The molecule has 1 atom stereocenters. The number of amides is 2. The number of nitrogens with zero attached hydrogens (tertiary/aromatic N) is 5. The highest BCUT2D eigenvalue weighted by Gasteiger charge is 2.39. The van der Waals surface area contributed by atoms with E-state index in [2.05, 4.69) is 15.3 Å². The molecule has 0 saturated carbocycles. The maximum absolute atomic E-state index is 13.7. The summed E-state index contributed by atoms with van der Waals surface area (Å²) in [6.45, 7) is 4.75. The van der Waals surface area contributed by atoms with Gasteiger partial charge in [0.05, 0.1) is 23.5 Å². The number of rotatable bonds is 6. The molecule has 2 N–H and O–H groups in total. The average molecular weight is 625 g/mol. The van der Waals surface area contributed by atoms with Gasteiger partial charge in [-0.1, -0.05) is 61.5 Å². The lowest BCUT2D eigenvalue weighted by Crippen LogP contribution is -2.39. The first-order valence-electron chi connectivity index (χ1n) is 14.9. The van der Waals surface area contributed by atoms with Gasteiger partial charge < -0.3 is 15.3 Å². The van der Waals surface area contributed by atoms with E-state index in [1.54, 1.807) is 23.4 Å². The second-order valence-corrected chi connectivity index (χ2v) is 11.2. The molecule has 3 aromatic carbocycles. The van der Waals surface area contributed by atoms with E-state index >= 15 is 0 Å². The minimum absolute atomic E-state index is 0.236. The summed E-state index contributed by atoms with van der Waals surface area (Å²) in [7, 11) is 0. The van der Waals surface area contributed by atoms with Crippen molar-refractivity contribution in [3.05, 3.63) is 113 Å². The maximum atomic E-state index is 13.7. The first-order valence-corrected chi connectivity index (χ1v) is 14.9. The van der Waals surface area contributed by atoms with E-state index in [0.29, 0.717) is 48.6 Å². The number of fused-ring (bicyclic) bond motifs is 1. The lowest BCUT2D eigenvalue weighted by molar-refractivity contribution is -0.206. The van der Waals surface area contributed by atoms with Crippen molar-refractivity contribution in [2.75, 3.05) is 11.9 Å². The number of carbonyl (C=O) groups excluding carboxylic acids is 1. The number of aliphatic hydroxyl groups excluding tert-OH is 1. The molecule has 0 unspecified atom stereocenters. The number of aliphatic hydroxyl groups is 1. The van der Waals surface area contributed by atoms with Crippen LogP contribution in [0.15, 0.2) is 85.5 Å². The van der Waals surface area contributed by atoms with Gasteiger partial charge >= 0.3 is 12.2 Å². The molecule has 2 amide bonds. The van der Waals surface area contributed by atoms with Gasteiger partial charge in [-0.2, -0.15) is 13.2 Å². The van der Waals surface area contributed by atoms with Gasteiger partial charge in [0, 0.05) is 42.2 Å². The van der Waals surface area contributed by atoms with Crippen LogP contribution in [-0.2, 0) is 19.4 Å². The summed E-state index contributed by atoms with van der Waals surface area (Å²) in [5.41, 5.74) is 7.89. The number of carbonyl (C=O) groups is 1. The molecular formula is C35H31F3N6O2. The fraction of sp³-hybridized carbons (Fsp3) is 0.229. The summed E-state index contributed by atoms with van der Waals surface area (Å²) in [4.78, 5) is 33.4. The van der Waals surface area contributed by atoms with Gasteiger partial charge in [-0.05, 0) is 53.3 Å². The summed E-state index contributed by atoms with van der Waals surface area (Å²) >= 11 is 0. The Morgan fingerprint density at radius 3 is 2.41 bits per heavy atom. The van der Waals surface area contributed by atoms with Crippen LogP contribution in [0.25, 0.3) is 33.8 Å². The Morgan fingerprint density at radius 2 is 1.72 bits per heavy atom. The van der Waals surface area contributed by atoms with Gasteiger partial charge in [-0.15, -0.1) is 0 Å². The molecule has 5 aromatic rings. The molecule has 0 aliphatic carbocycles. The number of urea groups is 1. The third-order valence-corrected chi connectivity index (χ3v) is 8.09. The molecule has 234 valence electrons. The molecule has 3 heterocycles. The Hall–Kier alpha value is -5.16. The SMILES string of the molecule is CCc1cc(NC(=O)N2CCc3nc(-c4cncnc4)nc(-c4ccccc4C)c3C2)cc(-c2ccc([C@@H](O)C(F)(F)F)cc2)c1. The van der Waals surface area contributed by atoms with Gasteiger partial charge in [0.25, 0.3) is 0 Å². The van der Waals surface area contributed by atoms with Crippen LogP contribution in [0, 0.1) is 6.92 Å². The van der Waals surface area contributed by atoms with Crippen LogP contribution in [-0.4, -0.2) is 48.7 Å². The largest absolute Gasteiger partial charge is 0.418 e. The number of anilines is 1. The Bertz CT molecular complexity index is 1880. The topological polar surface area (TPSA) is 104 Å². The molecule has 2 aromatic heterocycles. The summed E-state index contributed by atoms with van der Waals surface area (Å²) in [6.07, 6.45) is -1.27. The number of benzene rings is 3. The lowest BCUT2D eigenvalue weighted by atomic mass is 9.96. The predicted molar refractivity (Wildman–Crippen MR) is 169 cm³/mol. The van der Waals surface area contributed by atoms with E-state index in [0.717, 1.165) is 39.2 Å². The first kappa shape index (κ1) is 30.8. The average Bonchev–Trinajstić information content (AvgIpc) is 3.07. The standard InChI is InChI=1S/C35H31F3N6O2/c1-3-22-14-25(23-8-10-24(11-9-23)32(45)35(36,37)38)16-27(15-22)41-34(46)44-13-12-30-29(19-44)31(28-7-5-4-6-21(28)2)43-33(42-30)26-17-39-20-40-18-26/h4-11,14-18,20,32,45H,3,12-13,19H2,1-2H3,(H,41,46)/t32-/m1/s1. The minimum atomic E-state index is -4.75. The molecular weight excluding hydrogens is 593 g/mol. The quantitative estimate of drug-likeness (QED) is 0.205. The van der Waals surface area contributed by atoms with Crippen LogP contribution >= 0.6 is 0 Å². The van der Waals surface area contributed by atoms with Crippen molar-refractivity contribution in [3.8, 4) is 33.8 Å². The number of hydrogen-bond donors (Lipinski definition) is 2. The van der Waals surface area contributed by atoms with Gasteiger partial charge in [0.2, 0.25) is 0 Å². The van der Waals surface area contributed by atoms with Crippen LogP contribution in [0.5, 0.6) is 0 Å². The molecule has 0 bridgehead atoms. The molecule has 11 heteroatoms. The van der Waals surface area contributed by atoms with E-state index in [-0.39, 0.29) is 11.6 Å². The predicted octanol–water partition coefficient (Wildman–Crippen LogP) is 7.32. The van der Waals surface area contributed by atoms with Gasteiger partial charge in [-0.3, -0.25) is 0 Å². The van der Waals surface area contributed by atoms with Gasteiger partial charge in [0.15, 0.2) is 11.9 Å². The van der Waals surface area contributed by atoms with Gasteiger partial charge in [-0.25, -0.2) is 24.7 Å². The number of aryl methyl sites for hydroxylation is 2. The molecule has 6 rings (SSSR count). The van der Waals surface area contributed by atoms with Crippen molar-refractivity contribution in [1.29, 1.82) is 0 Å². The molecule has 0 fully saturated rings. The van der Waals surface area contributed by atoms with Crippen LogP contribution in [0.3, 0.4) is 0 Å². The number of nitrogens with one attached hydrogen (secondary N) is 1. The third kappa shape index (κ3) is 6.45. The summed E-state index contributed by atoms with van der Waals surface area (Å²) in [6, 6.07) is 18.9. The van der Waals surface area contributed by atoms with Crippen molar-refractivity contribution in [2.45, 2.75) is 45.5 Å². The molecule has 1 aliphatic rings. The molecule has 46 heavy (non-hydrogen) atoms. The smallest absolute Gasteiger partial charge is 0.379 e. The summed E-state index contributed by atoms with van der Waals surface area (Å²) < 4.78 is 38.9.